The van der Waals surface area contributed by atoms with Gasteiger partial charge >= 0.3 is 5.69 Å². The van der Waals surface area contributed by atoms with Crippen molar-refractivity contribution in [2.75, 3.05) is 25.4 Å². The van der Waals surface area contributed by atoms with Crippen molar-refractivity contribution < 1.29 is 0 Å². The molecular formula is C18H25N5O. The average molecular weight is 327 g/mol. The molecule has 1 aromatic carbocycles. The maximum absolute atomic E-state index is 11.9. The van der Waals surface area contributed by atoms with Gasteiger partial charge in [0.25, 0.3) is 0 Å². The number of nitrogen functional groups attached to an aromatic ring is 1. The number of benzene rings is 1. The van der Waals surface area contributed by atoms with Crippen LogP contribution in [0.15, 0.2) is 41.3 Å². The number of anilines is 1. The van der Waals surface area contributed by atoms with Gasteiger partial charge in [-0.2, -0.15) is 4.98 Å². The number of hydrogen-bond acceptors (Lipinski definition) is 5. The minimum absolute atomic E-state index is 0.241. The molecule has 6 heteroatoms. The zero-order chi connectivity index (χ0) is 16.9. The van der Waals surface area contributed by atoms with E-state index in [2.05, 4.69) is 22.0 Å². The van der Waals surface area contributed by atoms with Gasteiger partial charge in [0.15, 0.2) is 0 Å². The van der Waals surface area contributed by atoms with Crippen molar-refractivity contribution >= 4 is 5.82 Å². The fourth-order valence-electron chi connectivity index (χ4n) is 3.13. The molecule has 1 saturated heterocycles. The highest BCUT2D eigenvalue weighted by Gasteiger charge is 2.13. The fourth-order valence-corrected chi connectivity index (χ4v) is 3.13. The number of hydrogen-bond donors (Lipinski definition) is 2. The van der Waals surface area contributed by atoms with E-state index in [4.69, 9.17) is 11.5 Å². The average Bonchev–Trinajstić information content (AvgIpc) is 2.78. The van der Waals surface area contributed by atoms with E-state index in [-0.39, 0.29) is 11.5 Å². The highest BCUT2D eigenvalue weighted by molar-refractivity contribution is 5.36. The molecule has 0 saturated carbocycles. The second-order valence-electron chi connectivity index (χ2n) is 6.45. The molecule has 1 aliphatic heterocycles. The number of rotatable bonds is 4. The smallest absolute Gasteiger partial charge is 0.354 e. The topological polar surface area (TPSA) is 90.2 Å². The summed E-state index contributed by atoms with van der Waals surface area (Å²) in [4.78, 5) is 18.1. The summed E-state index contributed by atoms with van der Waals surface area (Å²) in [5.74, 6) is 0.241. The van der Waals surface area contributed by atoms with Crippen molar-refractivity contribution in [3.63, 3.8) is 0 Å². The monoisotopic (exact) mass is 327 g/mol. The molecule has 0 bridgehead atoms. The van der Waals surface area contributed by atoms with Crippen LogP contribution in [0, 0.1) is 0 Å². The van der Waals surface area contributed by atoms with Crippen LogP contribution in [-0.2, 0) is 6.42 Å². The molecule has 1 fully saturated rings. The summed E-state index contributed by atoms with van der Waals surface area (Å²) in [5.41, 5.74) is 13.3. The Morgan fingerprint density at radius 1 is 1.12 bits per heavy atom. The van der Waals surface area contributed by atoms with E-state index < -0.39 is 0 Å². The first kappa shape index (κ1) is 16.7. The Kier molecular flexibility index (Phi) is 5.27. The Morgan fingerprint density at radius 2 is 1.92 bits per heavy atom. The van der Waals surface area contributed by atoms with Crippen LogP contribution in [0.1, 0.15) is 24.8 Å². The third-order valence-electron chi connectivity index (χ3n) is 4.62. The molecule has 0 unspecified atom stereocenters. The molecule has 128 valence electrons. The summed E-state index contributed by atoms with van der Waals surface area (Å²) in [6.07, 6.45) is 6.07. The van der Waals surface area contributed by atoms with Crippen LogP contribution in [0.25, 0.3) is 5.69 Å². The molecule has 3 rings (SSSR count). The lowest BCUT2D eigenvalue weighted by molar-refractivity contribution is 0.287. The summed E-state index contributed by atoms with van der Waals surface area (Å²) >= 11 is 0. The van der Waals surface area contributed by atoms with Crippen LogP contribution in [0.4, 0.5) is 5.82 Å². The summed E-state index contributed by atoms with van der Waals surface area (Å²) in [6, 6.07) is 10.0. The maximum Gasteiger partial charge on any atom is 0.354 e. The first-order chi connectivity index (χ1) is 11.6. The van der Waals surface area contributed by atoms with Gasteiger partial charge in [0.05, 0.1) is 5.69 Å². The molecule has 4 N–H and O–H groups in total. The van der Waals surface area contributed by atoms with Gasteiger partial charge in [0, 0.05) is 18.8 Å². The Bertz CT molecular complexity index is 725. The van der Waals surface area contributed by atoms with Gasteiger partial charge in [-0.25, -0.2) is 4.79 Å². The molecular weight excluding hydrogens is 302 g/mol. The third kappa shape index (κ3) is 4.21. The third-order valence-corrected chi connectivity index (χ3v) is 4.62. The highest BCUT2D eigenvalue weighted by atomic mass is 16.1. The number of nitrogens with zero attached hydrogens (tertiary/aromatic N) is 3. The molecule has 2 heterocycles. The first-order valence-electron chi connectivity index (χ1n) is 8.54. The van der Waals surface area contributed by atoms with Crippen LogP contribution in [0.2, 0.25) is 0 Å². The SMILES string of the molecule is Nc1ccn(-c2ccc(CCN3CCC[C@@H](N)CC3)cc2)c(=O)n1. The van der Waals surface area contributed by atoms with Crippen molar-refractivity contribution in [3.8, 4) is 5.69 Å². The highest BCUT2D eigenvalue weighted by Crippen LogP contribution is 2.12. The van der Waals surface area contributed by atoms with Gasteiger partial charge in [-0.3, -0.25) is 4.57 Å². The summed E-state index contributed by atoms with van der Waals surface area (Å²) in [6.45, 7) is 3.28. The lowest BCUT2D eigenvalue weighted by atomic mass is 10.1. The molecule has 1 atom stereocenters. The van der Waals surface area contributed by atoms with Crippen LogP contribution >= 0.6 is 0 Å². The maximum atomic E-state index is 11.9. The van der Waals surface area contributed by atoms with Crippen molar-refractivity contribution in [2.45, 2.75) is 31.7 Å². The van der Waals surface area contributed by atoms with Crippen LogP contribution < -0.4 is 17.2 Å². The lowest BCUT2D eigenvalue weighted by Crippen LogP contribution is -2.28. The van der Waals surface area contributed by atoms with Gasteiger partial charge in [-0.15, -0.1) is 0 Å². The summed E-state index contributed by atoms with van der Waals surface area (Å²) < 4.78 is 1.50. The Balaban J connectivity index is 1.61. The molecule has 1 aliphatic rings. The predicted octanol–water partition coefficient (Wildman–Crippen LogP) is 1.17. The molecule has 0 spiro atoms. The van der Waals surface area contributed by atoms with E-state index in [0.717, 1.165) is 44.6 Å². The van der Waals surface area contributed by atoms with E-state index in [1.54, 1.807) is 12.3 Å². The van der Waals surface area contributed by atoms with E-state index in [9.17, 15) is 4.79 Å². The number of nitrogens with two attached hydrogens (primary N) is 2. The van der Waals surface area contributed by atoms with Gasteiger partial charge in [0.2, 0.25) is 0 Å². The zero-order valence-electron chi connectivity index (χ0n) is 13.9. The number of aromatic nitrogens is 2. The van der Waals surface area contributed by atoms with Gasteiger partial charge < -0.3 is 16.4 Å². The normalized spacial score (nSPS) is 19.1. The largest absolute Gasteiger partial charge is 0.383 e. The van der Waals surface area contributed by atoms with Gasteiger partial charge in [-0.1, -0.05) is 12.1 Å². The molecule has 1 aromatic heterocycles. The molecule has 2 aromatic rings. The molecule has 0 amide bonds. The molecule has 0 aliphatic carbocycles. The van der Waals surface area contributed by atoms with Crippen molar-refractivity contribution in [3.05, 3.63) is 52.6 Å². The first-order valence-corrected chi connectivity index (χ1v) is 8.54. The Hall–Kier alpha value is -2.18. The standard InChI is InChI=1S/C18H25N5O/c19-15-2-1-10-22(12-8-15)11-7-14-3-5-16(6-4-14)23-13-9-17(20)21-18(23)24/h3-6,9,13,15H,1-2,7-8,10-12,19H2,(H2,20,21,24)/t15-/m1/s1. The van der Waals surface area contributed by atoms with Gasteiger partial charge in [-0.05, 0) is 62.5 Å². The minimum Gasteiger partial charge on any atom is -0.383 e. The van der Waals surface area contributed by atoms with Gasteiger partial charge in [0.1, 0.15) is 5.82 Å². The van der Waals surface area contributed by atoms with Crippen LogP contribution in [0.5, 0.6) is 0 Å². The number of likely N-dealkylation sites (tertiary alicyclic amines) is 1. The lowest BCUT2D eigenvalue weighted by Gasteiger charge is -2.19. The summed E-state index contributed by atoms with van der Waals surface area (Å²) in [5, 5.41) is 0. The Morgan fingerprint density at radius 3 is 2.67 bits per heavy atom. The molecule has 6 nitrogen and oxygen atoms in total. The fraction of sp³-hybridized carbons (Fsp3) is 0.444. The van der Waals surface area contributed by atoms with Crippen molar-refractivity contribution in [1.29, 1.82) is 0 Å². The van der Waals surface area contributed by atoms with Crippen molar-refractivity contribution in [2.24, 2.45) is 5.73 Å². The molecule has 0 radical (unpaired) electrons. The van der Waals surface area contributed by atoms with E-state index in [1.807, 2.05) is 12.1 Å². The predicted molar refractivity (Wildman–Crippen MR) is 96.2 cm³/mol. The quantitative estimate of drug-likeness (QED) is 0.880. The van der Waals surface area contributed by atoms with E-state index >= 15 is 0 Å². The second kappa shape index (κ2) is 7.59. The van der Waals surface area contributed by atoms with Crippen molar-refractivity contribution in [1.82, 2.24) is 14.5 Å². The van der Waals surface area contributed by atoms with E-state index in [1.165, 1.54) is 16.6 Å². The van der Waals surface area contributed by atoms with E-state index in [0.29, 0.717) is 6.04 Å². The van der Waals surface area contributed by atoms with Crippen LogP contribution in [0.3, 0.4) is 0 Å². The summed E-state index contributed by atoms with van der Waals surface area (Å²) in [7, 11) is 0. The van der Waals surface area contributed by atoms with Crippen LogP contribution in [-0.4, -0.2) is 40.1 Å². The minimum atomic E-state index is -0.358. The Labute approximate surface area is 142 Å². The molecule has 24 heavy (non-hydrogen) atoms. The second-order valence-corrected chi connectivity index (χ2v) is 6.45. The zero-order valence-corrected chi connectivity index (χ0v) is 13.9.